The van der Waals surface area contributed by atoms with Crippen molar-refractivity contribution in [3.8, 4) is 0 Å². The number of carbonyl (C=O) groups is 4. The maximum atomic E-state index is 13.1. The Morgan fingerprint density at radius 3 is 2.67 bits per heavy atom. The molecule has 2 aliphatic rings. The third-order valence-corrected chi connectivity index (χ3v) is 8.17. The highest BCUT2D eigenvalue weighted by molar-refractivity contribution is 7.10. The molecule has 2 aromatic rings. The number of alkyl carbamates (subject to hydrolysis) is 1. The van der Waals surface area contributed by atoms with Crippen LogP contribution >= 0.6 is 11.3 Å². The van der Waals surface area contributed by atoms with Crippen molar-refractivity contribution in [3.63, 3.8) is 0 Å². The van der Waals surface area contributed by atoms with Gasteiger partial charge < -0.3 is 25.0 Å². The third kappa shape index (κ3) is 7.45. The molecule has 2 heterocycles. The Labute approximate surface area is 237 Å². The molecule has 1 saturated heterocycles. The number of thiophene rings is 1. The number of amides is 4. The highest BCUT2D eigenvalue weighted by Gasteiger charge is 2.64. The number of benzene rings is 1. The number of fused-ring (bicyclic) bond motifs is 1. The van der Waals surface area contributed by atoms with Crippen LogP contribution in [0.15, 0.2) is 41.8 Å². The first-order valence-electron chi connectivity index (χ1n) is 13.2. The average molecular weight is 570 g/mol. The molecule has 4 rings (SSSR count). The summed E-state index contributed by atoms with van der Waals surface area (Å²) in [5.41, 5.74) is 1.26. The summed E-state index contributed by atoms with van der Waals surface area (Å²) >= 11 is 1.35. The number of likely N-dealkylation sites (tertiary alicyclic amines) is 1. The maximum Gasteiger partial charge on any atom is 0.413 e. The summed E-state index contributed by atoms with van der Waals surface area (Å²) in [6.45, 7) is 2.73. The topological polar surface area (TPSA) is 150 Å². The number of methoxy groups -OCH3 is 1. The molecule has 214 valence electrons. The molecule has 4 amide bonds. The summed E-state index contributed by atoms with van der Waals surface area (Å²) in [5.74, 6) is -0.830. The van der Waals surface area contributed by atoms with Gasteiger partial charge in [0.1, 0.15) is 18.5 Å². The quantitative estimate of drug-likeness (QED) is 0.175. The zero-order valence-corrected chi connectivity index (χ0v) is 23.5. The van der Waals surface area contributed by atoms with Crippen molar-refractivity contribution >= 4 is 41.0 Å². The smallest absolute Gasteiger partial charge is 0.413 e. The lowest BCUT2D eigenvalue weighted by Gasteiger charge is -2.27. The van der Waals surface area contributed by atoms with Crippen LogP contribution in [0.2, 0.25) is 0 Å². The Hall–Kier alpha value is -3.77. The Balaban J connectivity index is 1.24. The van der Waals surface area contributed by atoms with Gasteiger partial charge in [-0.2, -0.15) is 0 Å². The van der Waals surface area contributed by atoms with Crippen LogP contribution in [0.3, 0.4) is 0 Å². The van der Waals surface area contributed by atoms with Crippen LogP contribution in [0.5, 0.6) is 0 Å². The predicted molar refractivity (Wildman–Crippen MR) is 149 cm³/mol. The first-order valence-corrected chi connectivity index (χ1v) is 14.1. The first kappa shape index (κ1) is 29.2. The summed E-state index contributed by atoms with van der Waals surface area (Å²) in [6, 6.07) is 10.4. The van der Waals surface area contributed by atoms with E-state index in [1.165, 1.54) is 11.3 Å². The average Bonchev–Trinajstić information content (AvgIpc) is 3.26. The number of ether oxygens (including phenoxy) is 2. The van der Waals surface area contributed by atoms with E-state index < -0.39 is 12.1 Å². The zero-order chi connectivity index (χ0) is 28.7. The monoisotopic (exact) mass is 569 g/mol. The normalized spacial score (nSPS) is 20.8. The minimum atomic E-state index is -0.723. The lowest BCUT2D eigenvalue weighted by molar-refractivity contribution is -0.140. The van der Waals surface area contributed by atoms with Gasteiger partial charge in [0.2, 0.25) is 17.7 Å². The maximum absolute atomic E-state index is 13.1. The van der Waals surface area contributed by atoms with Crippen LogP contribution in [-0.4, -0.2) is 66.9 Å². The number of hydrogen-bond acceptors (Lipinski definition) is 8. The van der Waals surface area contributed by atoms with E-state index in [4.69, 9.17) is 14.9 Å². The predicted octanol–water partition coefficient (Wildman–Crippen LogP) is 2.54. The second-order valence-corrected chi connectivity index (χ2v) is 11.3. The van der Waals surface area contributed by atoms with Gasteiger partial charge in [0, 0.05) is 42.0 Å². The number of nitrogens with one attached hydrogen (secondary N) is 4. The molecule has 1 aromatic carbocycles. The molecule has 1 saturated carbocycles. The molecule has 1 aromatic heterocycles. The van der Waals surface area contributed by atoms with E-state index >= 15 is 0 Å². The number of piperidine rings is 1. The van der Waals surface area contributed by atoms with E-state index in [-0.39, 0.29) is 61.1 Å². The van der Waals surface area contributed by atoms with Gasteiger partial charge in [-0.3, -0.25) is 25.1 Å². The Morgan fingerprint density at radius 1 is 1.15 bits per heavy atom. The van der Waals surface area contributed by atoms with Gasteiger partial charge in [0.15, 0.2) is 0 Å². The van der Waals surface area contributed by atoms with Crippen LogP contribution in [-0.2, 0) is 37.0 Å². The van der Waals surface area contributed by atoms with E-state index in [2.05, 4.69) is 22.9 Å². The van der Waals surface area contributed by atoms with Crippen molar-refractivity contribution in [1.29, 1.82) is 5.41 Å². The Kier molecular flexibility index (Phi) is 9.54. The molecule has 11 nitrogen and oxygen atoms in total. The molecule has 0 bridgehead atoms. The van der Waals surface area contributed by atoms with Crippen molar-refractivity contribution in [3.05, 3.63) is 57.8 Å². The molecule has 1 aliphatic carbocycles. The standard InChI is InChI=1S/C28H35N5O6S/c1-28-12-21(33(22(28)13-28)24(35)15-30-23(34)9-6-10-38-2)26(36)31-14-20-11-19(17-40-20)25(29)32-27(37)39-16-18-7-4-3-5-8-18/h3-5,7-8,11,17,21-22H,6,9-10,12-16H2,1-2H3,(H,30,34)(H,31,36)(H2,29,32,37)/t21-,22-,28+/m0/s1. The van der Waals surface area contributed by atoms with Gasteiger partial charge >= 0.3 is 6.09 Å². The molecule has 3 atom stereocenters. The highest BCUT2D eigenvalue weighted by Crippen LogP contribution is 2.59. The van der Waals surface area contributed by atoms with Crippen molar-refractivity contribution in [2.75, 3.05) is 20.3 Å². The molecule has 0 radical (unpaired) electrons. The van der Waals surface area contributed by atoms with Crippen molar-refractivity contribution in [2.24, 2.45) is 5.41 Å². The van der Waals surface area contributed by atoms with Gasteiger partial charge in [0.25, 0.3) is 0 Å². The van der Waals surface area contributed by atoms with Crippen LogP contribution in [0.1, 0.15) is 48.6 Å². The fourth-order valence-electron chi connectivity index (χ4n) is 4.92. The van der Waals surface area contributed by atoms with Gasteiger partial charge in [-0.25, -0.2) is 4.79 Å². The van der Waals surface area contributed by atoms with Crippen molar-refractivity contribution in [1.82, 2.24) is 20.9 Å². The Bertz CT molecular complexity index is 1250. The largest absolute Gasteiger partial charge is 0.444 e. The van der Waals surface area contributed by atoms with Crippen LogP contribution in [0, 0.1) is 10.8 Å². The highest BCUT2D eigenvalue weighted by atomic mass is 32.1. The Morgan fingerprint density at radius 2 is 1.93 bits per heavy atom. The molecule has 12 heteroatoms. The number of rotatable bonds is 12. The van der Waals surface area contributed by atoms with Gasteiger partial charge in [0.05, 0.1) is 13.1 Å². The van der Waals surface area contributed by atoms with Crippen LogP contribution < -0.4 is 16.0 Å². The SMILES string of the molecule is COCCCC(=O)NCC(=O)N1[C@H]2C[C@@]2(C)C[C@H]1C(=O)NCc1cc(C(=N)NC(=O)OCc2ccccc2)cs1. The van der Waals surface area contributed by atoms with Crippen molar-refractivity contribution in [2.45, 2.75) is 57.8 Å². The lowest BCUT2D eigenvalue weighted by Crippen LogP contribution is -2.50. The van der Waals surface area contributed by atoms with E-state index in [9.17, 15) is 19.2 Å². The molecule has 2 fully saturated rings. The first-order chi connectivity index (χ1) is 19.2. The zero-order valence-electron chi connectivity index (χ0n) is 22.7. The van der Waals surface area contributed by atoms with Crippen molar-refractivity contribution < 1.29 is 28.7 Å². The minimum Gasteiger partial charge on any atom is -0.444 e. The van der Waals surface area contributed by atoms with E-state index in [0.717, 1.165) is 16.9 Å². The second-order valence-electron chi connectivity index (χ2n) is 10.3. The number of hydrogen-bond donors (Lipinski definition) is 4. The fourth-order valence-corrected chi connectivity index (χ4v) is 5.74. The van der Waals surface area contributed by atoms with E-state index in [1.807, 2.05) is 30.3 Å². The fraction of sp³-hybridized carbons (Fsp3) is 0.464. The summed E-state index contributed by atoms with van der Waals surface area (Å²) in [4.78, 5) is 52.6. The van der Waals surface area contributed by atoms with Gasteiger partial charge in [-0.05, 0) is 36.3 Å². The number of nitrogens with zero attached hydrogens (tertiary/aromatic N) is 1. The summed E-state index contributed by atoms with van der Waals surface area (Å²) in [6.07, 6.45) is 1.55. The minimum absolute atomic E-state index is 0.00248. The third-order valence-electron chi connectivity index (χ3n) is 7.23. The van der Waals surface area contributed by atoms with Crippen LogP contribution in [0.4, 0.5) is 4.79 Å². The molecular formula is C28H35N5O6S. The summed E-state index contributed by atoms with van der Waals surface area (Å²) in [7, 11) is 1.57. The summed E-state index contributed by atoms with van der Waals surface area (Å²) in [5, 5.41) is 17.9. The molecule has 4 N–H and O–H groups in total. The lowest BCUT2D eigenvalue weighted by atomic mass is 10.0. The molecule has 0 unspecified atom stereocenters. The van der Waals surface area contributed by atoms with Crippen LogP contribution in [0.25, 0.3) is 0 Å². The molecular weight excluding hydrogens is 534 g/mol. The number of amidine groups is 1. The summed E-state index contributed by atoms with van der Waals surface area (Å²) < 4.78 is 10.1. The molecule has 1 aliphatic heterocycles. The van der Waals surface area contributed by atoms with Gasteiger partial charge in [-0.1, -0.05) is 37.3 Å². The molecule has 40 heavy (non-hydrogen) atoms. The molecule has 0 spiro atoms. The van der Waals surface area contributed by atoms with E-state index in [0.29, 0.717) is 25.0 Å². The van der Waals surface area contributed by atoms with Gasteiger partial charge in [-0.15, -0.1) is 11.3 Å². The number of carbonyl (C=O) groups excluding carboxylic acids is 4. The second kappa shape index (κ2) is 13.1. The van der Waals surface area contributed by atoms with E-state index in [1.54, 1.807) is 23.5 Å².